The number of carbonyl (C=O) groups is 3. The monoisotopic (exact) mass is 452 g/mol. The molecular formula is C24H30F2O6. The lowest BCUT2D eigenvalue weighted by molar-refractivity contribution is -0.224. The van der Waals surface area contributed by atoms with Gasteiger partial charge in [0.15, 0.2) is 18.1 Å². The van der Waals surface area contributed by atoms with Crippen LogP contribution in [0.4, 0.5) is 8.78 Å². The van der Waals surface area contributed by atoms with Crippen LogP contribution >= 0.6 is 0 Å². The van der Waals surface area contributed by atoms with Crippen molar-refractivity contribution in [1.82, 2.24) is 0 Å². The number of fused-ring (bicyclic) bond motifs is 5. The summed E-state index contributed by atoms with van der Waals surface area (Å²) in [4.78, 5) is 36.1. The molecule has 0 amide bonds. The minimum Gasteiger partial charge on any atom is -0.458 e. The maximum Gasteiger partial charge on any atom is 0.303 e. The molecule has 0 aromatic heterocycles. The third-order valence-corrected chi connectivity index (χ3v) is 9.04. The Labute approximate surface area is 185 Å². The SMILES string of the molecule is CC(=O)OCC(=O)[C@@]1(O)[C@H](C)C[C@H]2C3C[C@H](F)C4=CC(=O)C=C[C@]4(C)[C@@]3(F)[C@@H](O)C[C@@]21C. The molecule has 8 heteroatoms. The van der Waals surface area contributed by atoms with Gasteiger partial charge in [-0.3, -0.25) is 14.4 Å². The first-order valence-corrected chi connectivity index (χ1v) is 11.1. The number of hydrogen-bond donors (Lipinski definition) is 2. The Morgan fingerprint density at radius 1 is 1.25 bits per heavy atom. The third kappa shape index (κ3) is 2.65. The fraction of sp³-hybridized carbons (Fsp3) is 0.708. The molecule has 0 saturated heterocycles. The second-order valence-electron chi connectivity index (χ2n) is 10.5. The molecule has 0 radical (unpaired) electrons. The molecule has 0 spiro atoms. The highest BCUT2D eigenvalue weighted by Gasteiger charge is 2.76. The van der Waals surface area contributed by atoms with Gasteiger partial charge in [-0.25, -0.2) is 8.78 Å². The summed E-state index contributed by atoms with van der Waals surface area (Å²) in [6, 6.07) is 0. The molecule has 6 nitrogen and oxygen atoms in total. The second-order valence-corrected chi connectivity index (χ2v) is 10.5. The average molecular weight is 452 g/mol. The van der Waals surface area contributed by atoms with Crippen molar-refractivity contribution < 1.29 is 38.1 Å². The Morgan fingerprint density at radius 2 is 1.91 bits per heavy atom. The predicted octanol–water partition coefficient (Wildman–Crippen LogP) is 2.41. The Balaban J connectivity index is 1.79. The number of rotatable bonds is 3. The summed E-state index contributed by atoms with van der Waals surface area (Å²) in [5.41, 5.74) is -6.97. The second kappa shape index (κ2) is 7.03. The minimum absolute atomic E-state index is 0.0265. The molecule has 0 bridgehead atoms. The van der Waals surface area contributed by atoms with Crippen LogP contribution in [0.1, 0.15) is 47.0 Å². The number of ketones is 2. The van der Waals surface area contributed by atoms with Crippen LogP contribution in [0, 0.1) is 28.6 Å². The number of aliphatic hydroxyl groups is 2. The van der Waals surface area contributed by atoms with Gasteiger partial charge in [0.05, 0.1) is 6.10 Å². The van der Waals surface area contributed by atoms with Crippen LogP contribution in [0.2, 0.25) is 0 Å². The normalized spacial score (nSPS) is 49.6. The van der Waals surface area contributed by atoms with Gasteiger partial charge in [0, 0.05) is 23.7 Å². The Hall–Kier alpha value is -1.93. The maximum absolute atomic E-state index is 17.0. The molecule has 176 valence electrons. The third-order valence-electron chi connectivity index (χ3n) is 9.04. The maximum atomic E-state index is 17.0. The van der Waals surface area contributed by atoms with Crippen LogP contribution in [0.3, 0.4) is 0 Å². The zero-order valence-corrected chi connectivity index (χ0v) is 18.7. The Kier molecular flexibility index (Phi) is 5.11. The van der Waals surface area contributed by atoms with E-state index in [1.807, 2.05) is 0 Å². The molecule has 4 aliphatic carbocycles. The number of alkyl halides is 2. The summed E-state index contributed by atoms with van der Waals surface area (Å²) < 4.78 is 37.2. The fourth-order valence-electron chi connectivity index (χ4n) is 7.41. The van der Waals surface area contributed by atoms with Crippen LogP contribution in [0.15, 0.2) is 23.8 Å². The van der Waals surface area contributed by atoms with Crippen molar-refractivity contribution in [2.24, 2.45) is 28.6 Å². The first-order chi connectivity index (χ1) is 14.7. The standard InChI is InChI=1S/C24H30F2O6/c1-12-7-15-16-9-18(25)17-8-14(28)5-6-21(17,3)23(16,26)19(29)10-22(15,4)24(12,31)20(30)11-32-13(2)27/h5-6,8,12,15-16,18-19,29,31H,7,9-11H2,1-4H3/t12-,15+,16?,18+,19+,21+,22+,23+,24+/m1/s1. The van der Waals surface area contributed by atoms with Crippen molar-refractivity contribution in [3.05, 3.63) is 23.8 Å². The molecule has 0 aromatic carbocycles. The summed E-state index contributed by atoms with van der Waals surface area (Å²) in [5, 5.41) is 22.8. The Morgan fingerprint density at radius 3 is 2.53 bits per heavy atom. The van der Waals surface area contributed by atoms with Crippen LogP contribution < -0.4 is 0 Å². The van der Waals surface area contributed by atoms with E-state index in [-0.39, 0.29) is 24.8 Å². The molecule has 0 aromatic rings. The van der Waals surface area contributed by atoms with Crippen molar-refractivity contribution >= 4 is 17.5 Å². The highest BCUT2D eigenvalue weighted by molar-refractivity contribution is 6.01. The molecule has 1 unspecified atom stereocenters. The zero-order chi connectivity index (χ0) is 23.9. The van der Waals surface area contributed by atoms with Crippen LogP contribution in [0.25, 0.3) is 0 Å². The van der Waals surface area contributed by atoms with Crippen LogP contribution in [-0.2, 0) is 19.1 Å². The molecular weight excluding hydrogens is 422 g/mol. The van der Waals surface area contributed by atoms with E-state index in [9.17, 15) is 24.6 Å². The van der Waals surface area contributed by atoms with Gasteiger partial charge >= 0.3 is 5.97 Å². The fourth-order valence-corrected chi connectivity index (χ4v) is 7.41. The number of hydrogen-bond acceptors (Lipinski definition) is 6. The predicted molar refractivity (Wildman–Crippen MR) is 110 cm³/mol. The summed E-state index contributed by atoms with van der Waals surface area (Å²) >= 11 is 0. The number of allylic oxidation sites excluding steroid dienone is 4. The van der Waals surface area contributed by atoms with Gasteiger partial charge in [-0.15, -0.1) is 0 Å². The molecule has 32 heavy (non-hydrogen) atoms. The van der Waals surface area contributed by atoms with E-state index in [1.54, 1.807) is 13.8 Å². The minimum atomic E-state index is -2.27. The first-order valence-electron chi connectivity index (χ1n) is 11.1. The Bertz CT molecular complexity index is 945. The van der Waals surface area contributed by atoms with Gasteiger partial charge in [-0.2, -0.15) is 0 Å². The van der Waals surface area contributed by atoms with E-state index in [2.05, 4.69) is 0 Å². The highest BCUT2D eigenvalue weighted by atomic mass is 19.1. The molecule has 9 atom stereocenters. The number of ether oxygens (including phenoxy) is 1. The summed E-state index contributed by atoms with van der Waals surface area (Å²) in [6.07, 6.45) is 0.271. The average Bonchev–Trinajstić information content (AvgIpc) is 2.91. The lowest BCUT2D eigenvalue weighted by Crippen LogP contribution is -2.70. The van der Waals surface area contributed by atoms with Crippen molar-refractivity contribution in [2.75, 3.05) is 6.61 Å². The lowest BCUT2D eigenvalue weighted by atomic mass is 9.44. The van der Waals surface area contributed by atoms with E-state index >= 15 is 8.78 Å². The largest absolute Gasteiger partial charge is 0.458 e. The van der Waals surface area contributed by atoms with Gasteiger partial charge in [0.1, 0.15) is 11.8 Å². The smallest absolute Gasteiger partial charge is 0.303 e. The highest BCUT2D eigenvalue weighted by Crippen LogP contribution is 2.70. The van der Waals surface area contributed by atoms with E-state index in [0.29, 0.717) is 0 Å². The molecule has 4 rings (SSSR count). The molecule has 2 N–H and O–H groups in total. The molecule has 3 fully saturated rings. The van der Waals surface area contributed by atoms with Crippen LogP contribution in [0.5, 0.6) is 0 Å². The summed E-state index contributed by atoms with van der Waals surface area (Å²) in [6.45, 7) is 5.34. The van der Waals surface area contributed by atoms with Crippen molar-refractivity contribution in [1.29, 1.82) is 0 Å². The van der Waals surface area contributed by atoms with Crippen LogP contribution in [-0.4, -0.2) is 57.9 Å². The number of Topliss-reactive ketones (excluding diaryl/α,β-unsaturated/α-hetero) is 1. The van der Waals surface area contributed by atoms with E-state index in [0.717, 1.165) is 13.0 Å². The summed E-state index contributed by atoms with van der Waals surface area (Å²) in [5.74, 6) is -3.98. The van der Waals surface area contributed by atoms with Gasteiger partial charge in [-0.1, -0.05) is 19.9 Å². The molecule has 4 aliphatic rings. The van der Waals surface area contributed by atoms with Gasteiger partial charge < -0.3 is 14.9 Å². The lowest BCUT2D eigenvalue weighted by Gasteiger charge is -2.63. The molecule has 0 heterocycles. The van der Waals surface area contributed by atoms with Gasteiger partial charge in [0.25, 0.3) is 0 Å². The zero-order valence-electron chi connectivity index (χ0n) is 18.7. The quantitative estimate of drug-likeness (QED) is 0.638. The van der Waals surface area contributed by atoms with Gasteiger partial charge in [0.2, 0.25) is 5.78 Å². The number of halogens is 2. The van der Waals surface area contributed by atoms with E-state index in [4.69, 9.17) is 4.74 Å². The topological polar surface area (TPSA) is 101 Å². The number of carbonyl (C=O) groups excluding carboxylic acids is 3. The first kappa shape index (κ1) is 23.2. The van der Waals surface area contributed by atoms with E-state index in [1.165, 1.54) is 19.1 Å². The molecule has 3 saturated carbocycles. The summed E-state index contributed by atoms with van der Waals surface area (Å²) in [7, 11) is 0. The van der Waals surface area contributed by atoms with Crippen molar-refractivity contribution in [3.63, 3.8) is 0 Å². The number of aliphatic hydroxyl groups excluding tert-OH is 1. The van der Waals surface area contributed by atoms with Crippen molar-refractivity contribution in [2.45, 2.75) is 70.5 Å². The van der Waals surface area contributed by atoms with Crippen molar-refractivity contribution in [3.8, 4) is 0 Å². The van der Waals surface area contributed by atoms with Gasteiger partial charge in [-0.05, 0) is 55.7 Å². The molecule has 0 aliphatic heterocycles. The van der Waals surface area contributed by atoms with E-state index < -0.39 is 76.3 Å². The number of esters is 1.